The summed E-state index contributed by atoms with van der Waals surface area (Å²) in [6.07, 6.45) is 0.648. The Kier molecular flexibility index (Phi) is 3.87. The quantitative estimate of drug-likeness (QED) is 0.866. The van der Waals surface area contributed by atoms with Gasteiger partial charge >= 0.3 is 5.97 Å². The molecule has 0 aliphatic heterocycles. The van der Waals surface area contributed by atoms with Crippen LogP contribution in [0.1, 0.15) is 22.2 Å². The highest BCUT2D eigenvalue weighted by atomic mass is 35.5. The number of carboxylic acid groups (broad SMARTS) is 1. The van der Waals surface area contributed by atoms with Gasteiger partial charge < -0.3 is 10.8 Å². The number of halogens is 2. The van der Waals surface area contributed by atoms with Crippen LogP contribution in [0.25, 0.3) is 10.4 Å². The van der Waals surface area contributed by atoms with Gasteiger partial charge in [-0.2, -0.15) is 0 Å². The number of aromatic carboxylic acids is 1. The zero-order valence-electron chi connectivity index (χ0n) is 9.29. The monoisotopic (exact) mass is 321 g/mol. The van der Waals surface area contributed by atoms with Crippen LogP contribution >= 0.6 is 45.9 Å². The Hall–Kier alpha value is -0.750. The summed E-state index contributed by atoms with van der Waals surface area (Å²) >= 11 is 14.4. The van der Waals surface area contributed by atoms with Crippen molar-refractivity contribution in [2.45, 2.75) is 13.3 Å². The van der Waals surface area contributed by atoms with Gasteiger partial charge in [0, 0.05) is 10.4 Å². The molecule has 0 spiro atoms. The van der Waals surface area contributed by atoms with Crippen molar-refractivity contribution in [3.63, 3.8) is 0 Å². The average Bonchev–Trinajstić information content (AvgIpc) is 2.78. The summed E-state index contributed by atoms with van der Waals surface area (Å²) in [5, 5.41) is 9.09. The number of carboxylic acids is 1. The Morgan fingerprint density at radius 3 is 2.56 bits per heavy atom. The fourth-order valence-electron chi connectivity index (χ4n) is 1.70. The standard InChI is InChI=1S/C11H9Cl2NO2S2/c1-2-4-7(14)9(11(15)16)18-8(4)5-3-6(12)17-10(5)13/h3H,2,14H2,1H3,(H,15,16). The van der Waals surface area contributed by atoms with Gasteiger partial charge in [0.2, 0.25) is 0 Å². The number of rotatable bonds is 3. The maximum absolute atomic E-state index is 11.1. The molecule has 0 unspecified atom stereocenters. The number of carbonyl (C=O) groups is 1. The molecule has 3 N–H and O–H groups in total. The maximum Gasteiger partial charge on any atom is 0.348 e. The number of anilines is 1. The van der Waals surface area contributed by atoms with Crippen molar-refractivity contribution in [3.8, 4) is 10.4 Å². The first-order valence-electron chi connectivity index (χ1n) is 5.05. The lowest BCUT2D eigenvalue weighted by Crippen LogP contribution is -1.99. The van der Waals surface area contributed by atoms with E-state index in [1.54, 1.807) is 6.07 Å². The number of nitrogens with two attached hydrogens (primary N) is 1. The second-order valence-corrected chi connectivity index (χ2v) is 6.86. The predicted molar refractivity (Wildman–Crippen MR) is 78.4 cm³/mol. The van der Waals surface area contributed by atoms with Gasteiger partial charge in [-0.3, -0.25) is 0 Å². The second-order valence-electron chi connectivity index (χ2n) is 3.55. The van der Waals surface area contributed by atoms with E-state index in [1.165, 1.54) is 11.3 Å². The highest BCUT2D eigenvalue weighted by molar-refractivity contribution is 7.22. The van der Waals surface area contributed by atoms with Crippen LogP contribution in [-0.4, -0.2) is 11.1 Å². The van der Waals surface area contributed by atoms with Gasteiger partial charge in [0.15, 0.2) is 0 Å². The van der Waals surface area contributed by atoms with Crippen LogP contribution in [0.2, 0.25) is 8.67 Å². The molecule has 2 rings (SSSR count). The van der Waals surface area contributed by atoms with Gasteiger partial charge in [0.25, 0.3) is 0 Å². The number of hydrogen-bond donors (Lipinski definition) is 2. The largest absolute Gasteiger partial charge is 0.477 e. The molecule has 0 radical (unpaired) electrons. The van der Waals surface area contributed by atoms with Crippen molar-refractivity contribution < 1.29 is 9.90 Å². The average molecular weight is 322 g/mol. The van der Waals surface area contributed by atoms with Gasteiger partial charge in [0.05, 0.1) is 10.0 Å². The molecule has 0 aliphatic carbocycles. The summed E-state index contributed by atoms with van der Waals surface area (Å²) in [5.41, 5.74) is 7.76. The molecule has 0 aromatic carbocycles. The second kappa shape index (κ2) is 5.09. The summed E-state index contributed by atoms with van der Waals surface area (Å²) in [7, 11) is 0. The van der Waals surface area contributed by atoms with Crippen LogP contribution in [0.4, 0.5) is 5.69 Å². The topological polar surface area (TPSA) is 63.3 Å². The number of nitrogen functional groups attached to an aromatic ring is 1. The summed E-state index contributed by atoms with van der Waals surface area (Å²) in [6.45, 7) is 1.93. The first-order chi connectivity index (χ1) is 8.45. The highest BCUT2D eigenvalue weighted by Gasteiger charge is 2.22. The maximum atomic E-state index is 11.1. The van der Waals surface area contributed by atoms with Crippen molar-refractivity contribution in [1.82, 2.24) is 0 Å². The molecule has 2 aromatic rings. The van der Waals surface area contributed by atoms with Crippen molar-refractivity contribution in [2.24, 2.45) is 0 Å². The highest BCUT2D eigenvalue weighted by Crippen LogP contribution is 2.45. The summed E-state index contributed by atoms with van der Waals surface area (Å²) in [4.78, 5) is 12.0. The van der Waals surface area contributed by atoms with Crippen molar-refractivity contribution in [3.05, 3.63) is 25.2 Å². The van der Waals surface area contributed by atoms with E-state index in [4.69, 9.17) is 34.0 Å². The minimum Gasteiger partial charge on any atom is -0.477 e. The molecule has 18 heavy (non-hydrogen) atoms. The molecule has 0 fully saturated rings. The fraction of sp³-hybridized carbons (Fsp3) is 0.182. The summed E-state index contributed by atoms with van der Waals surface area (Å²) in [5.74, 6) is -1.02. The van der Waals surface area contributed by atoms with Crippen molar-refractivity contribution >= 4 is 57.5 Å². The zero-order chi connectivity index (χ0) is 13.4. The van der Waals surface area contributed by atoms with E-state index in [9.17, 15) is 4.79 Å². The van der Waals surface area contributed by atoms with E-state index in [0.29, 0.717) is 20.8 Å². The van der Waals surface area contributed by atoms with E-state index in [-0.39, 0.29) is 4.88 Å². The third kappa shape index (κ3) is 2.23. The van der Waals surface area contributed by atoms with Gasteiger partial charge in [0.1, 0.15) is 9.21 Å². The fourth-order valence-corrected chi connectivity index (χ4v) is 4.47. The molecule has 7 heteroatoms. The van der Waals surface area contributed by atoms with Gasteiger partial charge in [-0.1, -0.05) is 30.1 Å². The van der Waals surface area contributed by atoms with Gasteiger partial charge in [-0.15, -0.1) is 22.7 Å². The Bertz CT molecular complexity index is 619. The van der Waals surface area contributed by atoms with E-state index in [2.05, 4.69) is 0 Å². The molecule has 2 aromatic heterocycles. The summed E-state index contributed by atoms with van der Waals surface area (Å²) < 4.78 is 1.12. The molecule has 0 atom stereocenters. The van der Waals surface area contributed by atoms with Crippen LogP contribution in [0.5, 0.6) is 0 Å². The van der Waals surface area contributed by atoms with E-state index in [1.807, 2.05) is 6.92 Å². The Morgan fingerprint density at radius 2 is 2.11 bits per heavy atom. The molecule has 96 valence electrons. The Balaban J connectivity index is 2.67. The molecule has 2 heterocycles. The van der Waals surface area contributed by atoms with Gasteiger partial charge in [-0.25, -0.2) is 4.79 Å². The van der Waals surface area contributed by atoms with Crippen LogP contribution in [0.15, 0.2) is 6.07 Å². The predicted octanol–water partition coefficient (Wildman–Crippen LogP) is 4.63. The number of thiophene rings is 2. The molecular formula is C11H9Cl2NO2S2. The third-order valence-corrected chi connectivity index (χ3v) is 5.25. The number of hydrogen-bond acceptors (Lipinski definition) is 4. The normalized spacial score (nSPS) is 10.8. The van der Waals surface area contributed by atoms with Crippen LogP contribution in [0, 0.1) is 0 Å². The summed E-state index contributed by atoms with van der Waals surface area (Å²) in [6, 6.07) is 1.74. The first-order valence-corrected chi connectivity index (χ1v) is 7.44. The molecule has 0 bridgehead atoms. The first kappa shape index (κ1) is 13.7. The molecule has 0 saturated carbocycles. The SMILES string of the molecule is CCc1c(-c2cc(Cl)sc2Cl)sc(C(=O)O)c1N. The zero-order valence-corrected chi connectivity index (χ0v) is 12.4. The smallest absolute Gasteiger partial charge is 0.348 e. The minimum atomic E-state index is -1.02. The van der Waals surface area contributed by atoms with Crippen LogP contribution < -0.4 is 5.73 Å². The van der Waals surface area contributed by atoms with Gasteiger partial charge in [-0.05, 0) is 18.1 Å². The Morgan fingerprint density at radius 1 is 1.44 bits per heavy atom. The lowest BCUT2D eigenvalue weighted by atomic mass is 10.1. The lowest BCUT2D eigenvalue weighted by molar-refractivity contribution is 0.0703. The third-order valence-electron chi connectivity index (χ3n) is 2.50. The molecule has 0 aliphatic rings. The molecule has 0 saturated heterocycles. The van der Waals surface area contributed by atoms with Crippen LogP contribution in [-0.2, 0) is 6.42 Å². The van der Waals surface area contributed by atoms with Crippen molar-refractivity contribution in [1.29, 1.82) is 0 Å². The Labute approximate surface area is 122 Å². The van der Waals surface area contributed by atoms with E-state index in [0.717, 1.165) is 27.3 Å². The molecule has 0 amide bonds. The van der Waals surface area contributed by atoms with E-state index < -0.39 is 5.97 Å². The minimum absolute atomic E-state index is 0.153. The van der Waals surface area contributed by atoms with Crippen molar-refractivity contribution in [2.75, 3.05) is 5.73 Å². The molecular weight excluding hydrogens is 313 g/mol. The van der Waals surface area contributed by atoms with Crippen LogP contribution in [0.3, 0.4) is 0 Å². The lowest BCUT2D eigenvalue weighted by Gasteiger charge is -2.00. The molecule has 3 nitrogen and oxygen atoms in total. The van der Waals surface area contributed by atoms with E-state index >= 15 is 0 Å².